The molecule has 3 aliphatic rings. The first-order valence-electron chi connectivity index (χ1n) is 28.1. The van der Waals surface area contributed by atoms with Gasteiger partial charge in [0.1, 0.15) is 34.4 Å². The molecular weight excluding hydrogens is 1090 g/mol. The van der Waals surface area contributed by atoms with Crippen LogP contribution in [-0.4, -0.2) is 60.8 Å². The number of aryl methyl sites for hydroxylation is 3. The third kappa shape index (κ3) is 10.8. The normalized spacial score (nSPS) is 17.9. The van der Waals surface area contributed by atoms with Crippen molar-refractivity contribution in [3.8, 4) is 51.6 Å². The van der Waals surface area contributed by atoms with Gasteiger partial charge in [-0.3, -0.25) is 14.4 Å². The number of imidazole rings is 3. The van der Waals surface area contributed by atoms with Crippen molar-refractivity contribution >= 4 is 101 Å². The van der Waals surface area contributed by atoms with Gasteiger partial charge in [0, 0.05) is 108 Å². The van der Waals surface area contributed by atoms with Gasteiger partial charge in [0.2, 0.25) is 17.7 Å². The van der Waals surface area contributed by atoms with E-state index in [1.165, 1.54) is 0 Å². The lowest BCUT2D eigenvalue weighted by Gasteiger charge is -2.12. The van der Waals surface area contributed by atoms with Crippen LogP contribution < -0.4 is 33.2 Å². The Bertz CT molecular complexity index is 4490. The summed E-state index contributed by atoms with van der Waals surface area (Å²) < 4.78 is 5.94. The zero-order valence-electron chi connectivity index (χ0n) is 47.3. The number of nitrogens with zero attached hydrogens (tertiary/aromatic N) is 12. The first kappa shape index (κ1) is 54.5. The van der Waals surface area contributed by atoms with Gasteiger partial charge in [0.15, 0.2) is 0 Å². The molecular formula is C66H54N18O3. The molecule has 426 valence electrons. The van der Waals surface area contributed by atoms with E-state index in [-0.39, 0.29) is 53.2 Å². The summed E-state index contributed by atoms with van der Waals surface area (Å²) in [5, 5.41) is 40.3. The van der Waals surface area contributed by atoms with Gasteiger partial charge in [0.05, 0.1) is 53.7 Å². The molecule has 12 aromatic rings. The summed E-state index contributed by atoms with van der Waals surface area (Å²) in [6.45, 7) is 6.15. The number of hydrogen-bond donors (Lipinski definition) is 6. The molecule has 15 rings (SSSR count). The number of amides is 3. The molecule has 9 heterocycles. The number of nitriles is 3. The molecule has 3 amide bonds. The van der Waals surface area contributed by atoms with Crippen LogP contribution in [0, 0.1) is 90.3 Å². The molecule has 3 saturated carbocycles. The molecule has 3 aliphatic carbocycles. The summed E-state index contributed by atoms with van der Waals surface area (Å²) in [6.07, 6.45) is 24.0. The van der Waals surface area contributed by atoms with Gasteiger partial charge in [-0.05, 0) is 179 Å². The first-order valence-corrected chi connectivity index (χ1v) is 28.1. The molecule has 0 bridgehead atoms. The van der Waals surface area contributed by atoms with E-state index < -0.39 is 0 Å². The average molecular weight is 1150 g/mol. The van der Waals surface area contributed by atoms with E-state index >= 15 is 0 Å². The van der Waals surface area contributed by atoms with E-state index in [2.05, 4.69) is 84.8 Å². The van der Waals surface area contributed by atoms with Crippen LogP contribution in [0.25, 0.3) is 82.6 Å². The van der Waals surface area contributed by atoms with Gasteiger partial charge >= 0.3 is 0 Å². The predicted octanol–water partition coefficient (Wildman–Crippen LogP) is 10.6. The molecule has 0 radical (unpaired) electrons. The van der Waals surface area contributed by atoms with Crippen molar-refractivity contribution in [1.82, 2.24) is 43.1 Å². The van der Waals surface area contributed by atoms with E-state index in [1.807, 2.05) is 123 Å². The second-order valence-corrected chi connectivity index (χ2v) is 22.5. The number of nitrogen functional groups attached to an aromatic ring is 3. The number of aromatic nitrogens is 9. The molecule has 6 atom stereocenters. The number of nitrogens with two attached hydrogens (primary N) is 3. The molecule has 9 N–H and O–H groups in total. The SMILES string of the molecule is Cc1cn2ccnc2cc1-c1cc(N)c2cnc(NC(=O)C3CC3C#N)cc2c1.Cc1cn2ccnc2cc1-c1cc(N)c2cnc(NC(=O)[C@@H]3C[C@H]3C#N)cc2c1.Cc1cn2ccnc2cc1-c1cc(N)c2cnc(NC(=O)[C@H]3C[C@@H]3C#N)cc2c1. The number of hydrogen-bond acceptors (Lipinski definition) is 15. The topological polar surface area (TPSA) is 327 Å². The molecule has 87 heavy (non-hydrogen) atoms. The number of pyridine rings is 6. The highest BCUT2D eigenvalue weighted by Gasteiger charge is 2.45. The zero-order valence-corrected chi connectivity index (χ0v) is 47.3. The summed E-state index contributed by atoms with van der Waals surface area (Å²) in [5.41, 5.74) is 32.8. The smallest absolute Gasteiger partial charge is 0.230 e. The second-order valence-electron chi connectivity index (χ2n) is 22.5. The van der Waals surface area contributed by atoms with Crippen molar-refractivity contribution in [2.45, 2.75) is 40.0 Å². The van der Waals surface area contributed by atoms with E-state index in [0.29, 0.717) is 53.8 Å². The van der Waals surface area contributed by atoms with E-state index in [1.54, 1.807) is 37.2 Å². The fourth-order valence-corrected chi connectivity index (χ4v) is 11.2. The van der Waals surface area contributed by atoms with Crippen LogP contribution in [0.4, 0.5) is 34.5 Å². The fraction of sp³-hybridized carbons (Fsp3) is 0.182. The number of benzene rings is 3. The highest BCUT2D eigenvalue weighted by atomic mass is 16.2. The number of fused-ring (bicyclic) bond motifs is 6. The molecule has 9 aromatic heterocycles. The van der Waals surface area contributed by atoms with Crippen LogP contribution in [0.15, 0.2) is 147 Å². The molecule has 21 heteroatoms. The van der Waals surface area contributed by atoms with E-state index in [4.69, 9.17) is 33.0 Å². The highest BCUT2D eigenvalue weighted by Crippen LogP contribution is 2.42. The Morgan fingerprint density at radius 2 is 0.724 bits per heavy atom. The Hall–Kier alpha value is -11.8. The zero-order chi connectivity index (χ0) is 60.4. The molecule has 3 aromatic carbocycles. The van der Waals surface area contributed by atoms with Crippen LogP contribution in [0.2, 0.25) is 0 Å². The van der Waals surface area contributed by atoms with Gasteiger partial charge in [-0.1, -0.05) is 0 Å². The summed E-state index contributed by atoms with van der Waals surface area (Å²) in [5.74, 6) is -0.355. The van der Waals surface area contributed by atoms with Crippen molar-refractivity contribution in [1.29, 1.82) is 15.8 Å². The van der Waals surface area contributed by atoms with Crippen molar-refractivity contribution in [2.24, 2.45) is 35.5 Å². The van der Waals surface area contributed by atoms with Gasteiger partial charge in [-0.25, -0.2) is 29.9 Å². The number of anilines is 6. The lowest BCUT2D eigenvalue weighted by molar-refractivity contribution is -0.118. The van der Waals surface area contributed by atoms with Gasteiger partial charge in [-0.2, -0.15) is 15.8 Å². The number of carbonyl (C=O) groups is 3. The Kier molecular flexibility index (Phi) is 13.6. The summed E-state index contributed by atoms with van der Waals surface area (Å²) in [4.78, 5) is 62.8. The molecule has 0 aliphatic heterocycles. The minimum Gasteiger partial charge on any atom is -0.398 e. The van der Waals surface area contributed by atoms with Crippen LogP contribution in [0.1, 0.15) is 36.0 Å². The van der Waals surface area contributed by atoms with Crippen molar-refractivity contribution < 1.29 is 14.4 Å². The fourth-order valence-electron chi connectivity index (χ4n) is 11.2. The number of rotatable bonds is 9. The largest absolute Gasteiger partial charge is 0.398 e. The summed E-state index contributed by atoms with van der Waals surface area (Å²) in [7, 11) is 0. The summed E-state index contributed by atoms with van der Waals surface area (Å²) >= 11 is 0. The second kappa shape index (κ2) is 21.8. The maximum absolute atomic E-state index is 12.2. The molecule has 2 unspecified atom stereocenters. The van der Waals surface area contributed by atoms with E-state index in [9.17, 15) is 14.4 Å². The quantitative estimate of drug-likeness (QED) is 0.0732. The molecule has 3 fully saturated rings. The molecule has 0 saturated heterocycles. The Labute approximate surface area is 496 Å². The summed E-state index contributed by atoms with van der Waals surface area (Å²) in [6, 6.07) is 29.9. The van der Waals surface area contributed by atoms with Crippen LogP contribution in [0.5, 0.6) is 0 Å². The Balaban J connectivity index is 0.000000121. The van der Waals surface area contributed by atoms with Crippen molar-refractivity contribution in [2.75, 3.05) is 33.2 Å². The van der Waals surface area contributed by atoms with Crippen LogP contribution >= 0.6 is 0 Å². The van der Waals surface area contributed by atoms with Gasteiger partial charge in [-0.15, -0.1) is 0 Å². The van der Waals surface area contributed by atoms with E-state index in [0.717, 1.165) is 99.3 Å². The van der Waals surface area contributed by atoms with Crippen LogP contribution in [-0.2, 0) is 14.4 Å². The lowest BCUT2D eigenvalue weighted by atomic mass is 9.98. The lowest BCUT2D eigenvalue weighted by Crippen LogP contribution is -2.15. The maximum Gasteiger partial charge on any atom is 0.230 e. The van der Waals surface area contributed by atoms with Gasteiger partial charge in [0.25, 0.3) is 0 Å². The standard InChI is InChI=1S/3C22H18N6O/c3*1-12-11-28-3-2-25-21(28)8-16(12)13-4-14-7-20(26-10-18(14)19(24)6-13)27-22(29)17-5-15(17)9-23/h3*2-4,6-8,10-11,15,17H,5,24H2,1H3,(H,26,27,29)/t2*15-,17+;/m10./s1. The third-order valence-electron chi connectivity index (χ3n) is 16.4. The van der Waals surface area contributed by atoms with Crippen molar-refractivity contribution in [3.63, 3.8) is 0 Å². The first-order chi connectivity index (χ1) is 42.1. The number of nitrogens with one attached hydrogen (secondary N) is 3. The monoisotopic (exact) mass is 1150 g/mol. The Morgan fingerprint density at radius 1 is 0.437 bits per heavy atom. The van der Waals surface area contributed by atoms with Crippen LogP contribution in [0.3, 0.4) is 0 Å². The Morgan fingerprint density at radius 3 is 0.989 bits per heavy atom. The number of carbonyl (C=O) groups excluding carboxylic acids is 3. The van der Waals surface area contributed by atoms with Gasteiger partial charge < -0.3 is 46.4 Å². The maximum atomic E-state index is 12.2. The minimum absolute atomic E-state index is 0.159. The average Bonchev–Trinajstić information content (AvgIpc) is 3.04. The molecule has 21 nitrogen and oxygen atoms in total. The highest BCUT2D eigenvalue weighted by molar-refractivity contribution is 6.03. The minimum atomic E-state index is -0.238. The predicted molar refractivity (Wildman–Crippen MR) is 333 cm³/mol. The molecule has 0 spiro atoms. The third-order valence-corrected chi connectivity index (χ3v) is 16.4. The van der Waals surface area contributed by atoms with Crippen molar-refractivity contribution in [3.05, 3.63) is 164 Å².